The zero-order chi connectivity index (χ0) is 25.6. The molecule has 2 N–H and O–H groups in total. The molecule has 0 unspecified atom stereocenters. The van der Waals surface area contributed by atoms with Crippen molar-refractivity contribution in [3.05, 3.63) is 101 Å². The van der Waals surface area contributed by atoms with E-state index in [0.717, 1.165) is 33.3 Å². The number of carbonyl (C=O) groups is 2. The van der Waals surface area contributed by atoms with Gasteiger partial charge in [-0.3, -0.25) is 15.0 Å². The topological polar surface area (TPSA) is 101 Å². The highest BCUT2D eigenvalue weighted by Crippen LogP contribution is 2.43. The minimum atomic E-state index is -3.96. The second-order valence-electron chi connectivity index (χ2n) is 8.96. The van der Waals surface area contributed by atoms with E-state index in [9.17, 15) is 18.0 Å². The third kappa shape index (κ3) is 3.96. The molecule has 0 saturated carbocycles. The third-order valence-electron chi connectivity index (χ3n) is 6.75. The summed E-state index contributed by atoms with van der Waals surface area (Å²) < 4.78 is 27.3. The summed E-state index contributed by atoms with van der Waals surface area (Å²) in [6, 6.07) is 21.0. The number of para-hydroxylation sites is 1. The number of rotatable bonds is 6. The van der Waals surface area contributed by atoms with Gasteiger partial charge in [-0.15, -0.1) is 4.83 Å². The number of carbonyl (C=O) groups excluding carboxylic acids is 2. The summed E-state index contributed by atoms with van der Waals surface area (Å²) in [5.41, 5.74) is 7.48. The van der Waals surface area contributed by atoms with Crippen LogP contribution in [0, 0.1) is 13.8 Å². The maximum absolute atomic E-state index is 13.4. The number of hydrazine groups is 1. The van der Waals surface area contributed by atoms with Crippen molar-refractivity contribution in [1.29, 1.82) is 0 Å². The molecule has 0 bridgehead atoms. The molecular formula is C27H26N4O4S. The van der Waals surface area contributed by atoms with Gasteiger partial charge < -0.3 is 9.47 Å². The summed E-state index contributed by atoms with van der Waals surface area (Å²) in [4.78, 5) is 30.0. The molecule has 1 aromatic heterocycles. The van der Waals surface area contributed by atoms with Crippen molar-refractivity contribution < 1.29 is 18.0 Å². The lowest BCUT2D eigenvalue weighted by Gasteiger charge is -2.26. The van der Waals surface area contributed by atoms with Crippen LogP contribution < -0.4 is 10.3 Å². The van der Waals surface area contributed by atoms with Crippen LogP contribution in [0.4, 0.5) is 0 Å². The number of nitrogens with zero attached hydrogens (tertiary/aromatic N) is 2. The van der Waals surface area contributed by atoms with E-state index in [0.29, 0.717) is 5.56 Å². The van der Waals surface area contributed by atoms with Gasteiger partial charge in [-0.2, -0.15) is 0 Å². The van der Waals surface area contributed by atoms with Gasteiger partial charge in [0.1, 0.15) is 6.54 Å². The molecule has 2 amide bonds. The van der Waals surface area contributed by atoms with E-state index in [4.69, 9.17) is 0 Å². The minimum absolute atomic E-state index is 0.0299. The first-order valence-electron chi connectivity index (χ1n) is 11.5. The van der Waals surface area contributed by atoms with Crippen molar-refractivity contribution in [1.82, 2.24) is 19.7 Å². The summed E-state index contributed by atoms with van der Waals surface area (Å²) in [6.07, 6.45) is 0. The average Bonchev–Trinajstić information content (AvgIpc) is 3.28. The van der Waals surface area contributed by atoms with Crippen LogP contribution in [0.2, 0.25) is 0 Å². The fourth-order valence-corrected chi connectivity index (χ4v) is 5.69. The van der Waals surface area contributed by atoms with E-state index < -0.39 is 22.0 Å². The number of amides is 2. The van der Waals surface area contributed by atoms with E-state index in [2.05, 4.69) is 14.8 Å². The highest BCUT2D eigenvalue weighted by Gasteiger charge is 2.40. The first-order valence-corrected chi connectivity index (χ1v) is 13.0. The molecule has 0 fully saturated rings. The Hall–Kier alpha value is -3.95. The third-order valence-corrected chi connectivity index (χ3v) is 8.01. The maximum atomic E-state index is 13.4. The molecule has 1 atom stereocenters. The molecule has 4 aromatic rings. The number of hydrogen-bond donors (Lipinski definition) is 2. The van der Waals surface area contributed by atoms with Crippen LogP contribution in [-0.2, 0) is 21.9 Å². The Balaban J connectivity index is 1.46. The number of benzene rings is 3. The van der Waals surface area contributed by atoms with Gasteiger partial charge in [0.05, 0.1) is 10.9 Å². The molecule has 1 aliphatic rings. The van der Waals surface area contributed by atoms with Gasteiger partial charge in [0, 0.05) is 34.8 Å². The van der Waals surface area contributed by atoms with Crippen LogP contribution >= 0.6 is 0 Å². The van der Waals surface area contributed by atoms with Crippen molar-refractivity contribution >= 4 is 32.7 Å². The van der Waals surface area contributed by atoms with Crippen LogP contribution in [0.25, 0.3) is 10.9 Å². The van der Waals surface area contributed by atoms with Crippen LogP contribution in [0.15, 0.2) is 77.7 Å². The molecule has 8 nitrogen and oxygen atoms in total. The minimum Gasteiger partial charge on any atom is -0.348 e. The van der Waals surface area contributed by atoms with Crippen LogP contribution in [-0.4, -0.2) is 36.2 Å². The molecule has 0 spiro atoms. The highest BCUT2D eigenvalue weighted by molar-refractivity contribution is 7.89. The Kier molecular flexibility index (Phi) is 5.89. The first-order chi connectivity index (χ1) is 17.2. The van der Waals surface area contributed by atoms with Gasteiger partial charge in [0.2, 0.25) is 0 Å². The summed E-state index contributed by atoms with van der Waals surface area (Å²) in [5, 5.41) is 0.998. The van der Waals surface area contributed by atoms with Crippen LogP contribution in [0.5, 0.6) is 0 Å². The molecule has 3 aromatic carbocycles. The quantitative estimate of drug-likeness (QED) is 0.395. The van der Waals surface area contributed by atoms with Gasteiger partial charge in [0.25, 0.3) is 21.8 Å². The van der Waals surface area contributed by atoms with Crippen molar-refractivity contribution in [3.63, 3.8) is 0 Å². The Labute approximate surface area is 209 Å². The summed E-state index contributed by atoms with van der Waals surface area (Å²) >= 11 is 0. The molecule has 0 saturated heterocycles. The Morgan fingerprint density at radius 2 is 1.61 bits per heavy atom. The van der Waals surface area contributed by atoms with Gasteiger partial charge in [-0.1, -0.05) is 54.1 Å². The Morgan fingerprint density at radius 1 is 0.944 bits per heavy atom. The Bertz CT molecular complexity index is 1610. The fraction of sp³-hybridized carbons (Fsp3) is 0.185. The maximum Gasteiger partial charge on any atom is 0.257 e. The lowest BCUT2D eigenvalue weighted by molar-refractivity contribution is -0.122. The van der Waals surface area contributed by atoms with Gasteiger partial charge in [0.15, 0.2) is 0 Å². The van der Waals surface area contributed by atoms with Crippen molar-refractivity contribution in [3.8, 4) is 0 Å². The van der Waals surface area contributed by atoms with Gasteiger partial charge >= 0.3 is 0 Å². The predicted octanol–water partition coefficient (Wildman–Crippen LogP) is 3.35. The highest BCUT2D eigenvalue weighted by atomic mass is 32.2. The SMILES string of the molecule is Cc1ccc(S(=O)(=O)NNC(=O)CN2C(=O)c3ccccc3[C@@H]2c2c(C)n(C)c3ccccc23)cc1. The van der Waals surface area contributed by atoms with E-state index in [-0.39, 0.29) is 17.3 Å². The van der Waals surface area contributed by atoms with E-state index in [1.54, 1.807) is 24.3 Å². The number of hydrogen-bond acceptors (Lipinski definition) is 4. The van der Waals surface area contributed by atoms with Crippen molar-refractivity contribution in [2.24, 2.45) is 7.05 Å². The number of aryl methyl sites for hydroxylation is 2. The van der Waals surface area contributed by atoms with Gasteiger partial charge in [-0.25, -0.2) is 8.42 Å². The standard InChI is InChI=1S/C27H26N4O4S/c1-17-12-14-19(15-13-17)36(34,35)29-28-24(32)16-31-26(20-8-4-5-9-21(20)27(31)33)25-18(2)30(3)23-11-7-6-10-22(23)25/h4-15,26,29H,16H2,1-3H3,(H,28,32)/t26-/m1/s1. The first kappa shape index (κ1) is 23.8. The second-order valence-corrected chi connectivity index (χ2v) is 10.6. The average molecular weight is 503 g/mol. The number of aromatic nitrogens is 1. The number of nitrogens with one attached hydrogen (secondary N) is 2. The van der Waals surface area contributed by atoms with E-state index in [1.165, 1.54) is 17.0 Å². The van der Waals surface area contributed by atoms with Crippen molar-refractivity contribution in [2.75, 3.05) is 6.54 Å². The largest absolute Gasteiger partial charge is 0.348 e. The summed E-state index contributed by atoms with van der Waals surface area (Å²) in [7, 11) is -1.99. The Morgan fingerprint density at radius 3 is 2.36 bits per heavy atom. The van der Waals surface area contributed by atoms with E-state index >= 15 is 0 Å². The predicted molar refractivity (Wildman–Crippen MR) is 137 cm³/mol. The van der Waals surface area contributed by atoms with Crippen LogP contribution in [0.1, 0.15) is 38.8 Å². The molecule has 36 heavy (non-hydrogen) atoms. The lowest BCUT2D eigenvalue weighted by atomic mass is 9.95. The molecule has 5 rings (SSSR count). The molecule has 184 valence electrons. The molecule has 2 heterocycles. The second kappa shape index (κ2) is 8.92. The fourth-order valence-electron chi connectivity index (χ4n) is 4.83. The molecule has 0 aliphatic carbocycles. The molecule has 9 heteroatoms. The van der Waals surface area contributed by atoms with Gasteiger partial charge in [-0.05, 0) is 43.7 Å². The monoisotopic (exact) mass is 502 g/mol. The van der Waals surface area contributed by atoms with Crippen LogP contribution in [0.3, 0.4) is 0 Å². The molecule has 1 aliphatic heterocycles. The zero-order valence-electron chi connectivity index (χ0n) is 20.1. The molecule has 0 radical (unpaired) electrons. The normalized spacial score (nSPS) is 15.4. The molecular weight excluding hydrogens is 476 g/mol. The number of fused-ring (bicyclic) bond motifs is 2. The van der Waals surface area contributed by atoms with Crippen molar-refractivity contribution in [2.45, 2.75) is 24.8 Å². The van der Waals surface area contributed by atoms with E-state index in [1.807, 2.05) is 57.3 Å². The summed E-state index contributed by atoms with van der Waals surface area (Å²) in [6.45, 7) is 3.52. The zero-order valence-corrected chi connectivity index (χ0v) is 21.0. The smallest absolute Gasteiger partial charge is 0.257 e. The lowest BCUT2D eigenvalue weighted by Crippen LogP contribution is -2.47. The number of sulfonamides is 1. The summed E-state index contributed by atoms with van der Waals surface area (Å²) in [5.74, 6) is -0.922.